The number of ether oxygens (including phenoxy) is 2. The van der Waals surface area contributed by atoms with Gasteiger partial charge in [0.2, 0.25) is 6.79 Å². The number of fused-ring (bicyclic) bond motifs is 1. The molecule has 1 aliphatic rings. The minimum Gasteiger partial charge on any atom is -0.478 e. The zero-order valence-electron chi connectivity index (χ0n) is 17.3. The molecule has 0 amide bonds. The van der Waals surface area contributed by atoms with Crippen molar-refractivity contribution in [1.29, 1.82) is 0 Å². The van der Waals surface area contributed by atoms with Crippen LogP contribution in [-0.4, -0.2) is 40.5 Å². The number of nitrogens with one attached hydrogen (secondary N) is 1. The normalized spacial score (nSPS) is 11.8. The van der Waals surface area contributed by atoms with Crippen molar-refractivity contribution in [3.05, 3.63) is 59.3 Å². The number of anilines is 1. The van der Waals surface area contributed by atoms with Gasteiger partial charge in [0.25, 0.3) is 0 Å². The summed E-state index contributed by atoms with van der Waals surface area (Å²) in [4.78, 5) is 23.5. The summed E-state index contributed by atoms with van der Waals surface area (Å²) in [5.41, 5.74) is 9.24. The number of rotatable bonds is 9. The van der Waals surface area contributed by atoms with E-state index in [0.717, 1.165) is 49.5 Å². The predicted molar refractivity (Wildman–Crippen MR) is 115 cm³/mol. The lowest BCUT2D eigenvalue weighted by molar-refractivity contribution is -0.134. The monoisotopic (exact) mass is 429 g/mol. The maximum atomic E-state index is 9.55. The average Bonchev–Trinajstić information content (AvgIpc) is 3.17. The largest absolute Gasteiger partial charge is 0.478 e. The highest BCUT2D eigenvalue weighted by Crippen LogP contribution is 2.32. The molecule has 2 heterocycles. The molecule has 0 aliphatic carbocycles. The van der Waals surface area contributed by atoms with Crippen LogP contribution < -0.4 is 20.5 Å². The Bertz CT molecular complexity index is 893. The highest BCUT2D eigenvalue weighted by Gasteiger charge is 2.12. The number of carboxylic acid groups (broad SMARTS) is 2. The topological polar surface area (TPSA) is 144 Å². The van der Waals surface area contributed by atoms with Gasteiger partial charge in [0.15, 0.2) is 11.5 Å². The van der Waals surface area contributed by atoms with Gasteiger partial charge in [0.1, 0.15) is 5.82 Å². The van der Waals surface area contributed by atoms with Crippen LogP contribution in [0, 0.1) is 6.92 Å². The van der Waals surface area contributed by atoms with Gasteiger partial charge in [0, 0.05) is 24.4 Å². The van der Waals surface area contributed by atoms with E-state index in [9.17, 15) is 9.59 Å². The van der Waals surface area contributed by atoms with E-state index in [1.807, 2.05) is 18.2 Å². The van der Waals surface area contributed by atoms with Gasteiger partial charge in [0.05, 0.1) is 0 Å². The van der Waals surface area contributed by atoms with Crippen LogP contribution in [0.15, 0.2) is 42.5 Å². The van der Waals surface area contributed by atoms with Gasteiger partial charge < -0.3 is 30.7 Å². The molecule has 5 N–H and O–H groups in total. The summed E-state index contributed by atoms with van der Waals surface area (Å²) in [5, 5.41) is 19.1. The van der Waals surface area contributed by atoms with Gasteiger partial charge in [-0.05, 0) is 68.1 Å². The van der Waals surface area contributed by atoms with Crippen LogP contribution in [0.25, 0.3) is 0 Å². The van der Waals surface area contributed by atoms with E-state index in [1.54, 1.807) is 0 Å². The van der Waals surface area contributed by atoms with Crippen molar-refractivity contribution in [2.45, 2.75) is 32.7 Å². The molecule has 1 aromatic heterocycles. The summed E-state index contributed by atoms with van der Waals surface area (Å²) in [6.07, 6.45) is 4.30. The molecule has 0 saturated carbocycles. The third-order valence-corrected chi connectivity index (χ3v) is 4.21. The van der Waals surface area contributed by atoms with Gasteiger partial charge in [-0.1, -0.05) is 6.07 Å². The van der Waals surface area contributed by atoms with Crippen molar-refractivity contribution in [1.82, 2.24) is 10.3 Å². The van der Waals surface area contributed by atoms with Crippen LogP contribution >= 0.6 is 0 Å². The fraction of sp³-hybridized carbons (Fsp3) is 0.318. The van der Waals surface area contributed by atoms with Gasteiger partial charge in [-0.25, -0.2) is 14.6 Å². The standard InChI is InChI=1S/C18H23N3O2.C4H4O4/c1-13-8-15(21-18(19)9-13)4-2-3-7-20-11-14-5-6-16-17(10-14)23-12-22-16;5-3(6)1-2-4(7)8/h5-6,8-10,20H,2-4,7,11-12H2,1H3,(H2,19,21);1-2H,(H,5,6)(H,7,8)/b;2-1+. The maximum Gasteiger partial charge on any atom is 0.328 e. The minimum atomic E-state index is -1.26. The number of hydrogen-bond donors (Lipinski definition) is 4. The summed E-state index contributed by atoms with van der Waals surface area (Å²) in [5.74, 6) is -0.230. The van der Waals surface area contributed by atoms with Crippen molar-refractivity contribution < 1.29 is 29.3 Å². The van der Waals surface area contributed by atoms with Gasteiger partial charge in [-0.3, -0.25) is 0 Å². The third-order valence-electron chi connectivity index (χ3n) is 4.21. The highest BCUT2D eigenvalue weighted by atomic mass is 16.7. The summed E-state index contributed by atoms with van der Waals surface area (Å²) in [6.45, 7) is 4.19. The Labute approximate surface area is 180 Å². The summed E-state index contributed by atoms with van der Waals surface area (Å²) in [7, 11) is 0. The molecule has 9 heteroatoms. The number of aryl methyl sites for hydroxylation is 2. The number of unbranched alkanes of at least 4 members (excludes halogenated alkanes) is 1. The molecule has 1 aromatic carbocycles. The molecule has 31 heavy (non-hydrogen) atoms. The van der Waals surface area contributed by atoms with Crippen LogP contribution in [0.4, 0.5) is 5.82 Å². The van der Waals surface area contributed by atoms with E-state index >= 15 is 0 Å². The summed E-state index contributed by atoms with van der Waals surface area (Å²) in [6, 6.07) is 10.1. The number of carbonyl (C=O) groups is 2. The number of aromatic nitrogens is 1. The zero-order chi connectivity index (χ0) is 22.6. The number of benzene rings is 1. The predicted octanol–water partition coefficient (Wildman–Crippen LogP) is 2.53. The first-order chi connectivity index (χ1) is 14.8. The van der Waals surface area contributed by atoms with E-state index in [-0.39, 0.29) is 0 Å². The summed E-state index contributed by atoms with van der Waals surface area (Å²) < 4.78 is 10.7. The molecule has 0 radical (unpaired) electrons. The van der Waals surface area contributed by atoms with Crippen molar-refractivity contribution in [3.8, 4) is 11.5 Å². The molecule has 1 aliphatic heterocycles. The Morgan fingerprint density at radius 3 is 2.48 bits per heavy atom. The summed E-state index contributed by atoms with van der Waals surface area (Å²) >= 11 is 0. The number of carboxylic acids is 2. The van der Waals surface area contributed by atoms with Gasteiger partial charge in [-0.15, -0.1) is 0 Å². The lowest BCUT2D eigenvalue weighted by Gasteiger charge is -2.07. The third kappa shape index (κ3) is 9.18. The molecule has 0 spiro atoms. The van der Waals surface area contributed by atoms with E-state index in [1.165, 1.54) is 11.1 Å². The fourth-order valence-electron chi connectivity index (χ4n) is 2.88. The average molecular weight is 429 g/mol. The molecule has 3 rings (SSSR count). The van der Waals surface area contributed by atoms with Gasteiger partial charge >= 0.3 is 11.9 Å². The minimum absolute atomic E-state index is 0.323. The second-order valence-corrected chi connectivity index (χ2v) is 6.89. The van der Waals surface area contributed by atoms with Crippen molar-refractivity contribution >= 4 is 17.8 Å². The number of nitrogens with two attached hydrogens (primary N) is 1. The Balaban J connectivity index is 0.000000366. The van der Waals surface area contributed by atoms with E-state index in [4.69, 9.17) is 25.4 Å². The molecule has 9 nitrogen and oxygen atoms in total. The van der Waals surface area contributed by atoms with Crippen molar-refractivity contribution in [3.63, 3.8) is 0 Å². The molecule has 0 bridgehead atoms. The lowest BCUT2D eigenvalue weighted by atomic mass is 10.1. The Hall–Kier alpha value is -3.59. The number of aliphatic carboxylic acids is 2. The van der Waals surface area contributed by atoms with E-state index in [2.05, 4.69) is 29.4 Å². The lowest BCUT2D eigenvalue weighted by Crippen LogP contribution is -2.14. The maximum absolute atomic E-state index is 9.55. The van der Waals surface area contributed by atoms with Crippen molar-refractivity contribution in [2.75, 3.05) is 19.1 Å². The number of pyridine rings is 1. The molecule has 166 valence electrons. The van der Waals surface area contributed by atoms with Gasteiger partial charge in [-0.2, -0.15) is 0 Å². The number of nitrogens with zero attached hydrogens (tertiary/aromatic N) is 1. The molecule has 0 fully saturated rings. The van der Waals surface area contributed by atoms with Crippen LogP contribution in [0.5, 0.6) is 11.5 Å². The first-order valence-electron chi connectivity index (χ1n) is 9.79. The second kappa shape index (κ2) is 12.2. The van der Waals surface area contributed by atoms with Crippen molar-refractivity contribution in [2.24, 2.45) is 0 Å². The highest BCUT2D eigenvalue weighted by molar-refractivity contribution is 5.89. The fourth-order valence-corrected chi connectivity index (χ4v) is 2.88. The molecule has 0 atom stereocenters. The molecular weight excluding hydrogens is 402 g/mol. The van der Waals surface area contributed by atoms with Crippen LogP contribution in [0.1, 0.15) is 29.7 Å². The second-order valence-electron chi connectivity index (χ2n) is 6.89. The molecule has 0 unspecified atom stereocenters. The first-order valence-corrected chi connectivity index (χ1v) is 9.79. The molecule has 0 saturated heterocycles. The first kappa shape index (κ1) is 23.7. The quantitative estimate of drug-likeness (QED) is 0.349. The Morgan fingerprint density at radius 1 is 1.10 bits per heavy atom. The van der Waals surface area contributed by atoms with Crippen LogP contribution in [0.2, 0.25) is 0 Å². The molecular formula is C22H27N3O6. The smallest absolute Gasteiger partial charge is 0.328 e. The Kier molecular flexibility index (Phi) is 9.31. The Morgan fingerprint density at radius 2 is 1.81 bits per heavy atom. The van der Waals surface area contributed by atoms with E-state index in [0.29, 0.717) is 24.8 Å². The van der Waals surface area contributed by atoms with Crippen LogP contribution in [0.3, 0.4) is 0 Å². The number of hydrogen-bond acceptors (Lipinski definition) is 7. The van der Waals surface area contributed by atoms with E-state index < -0.39 is 11.9 Å². The molecule has 2 aromatic rings. The van der Waals surface area contributed by atoms with Crippen LogP contribution in [-0.2, 0) is 22.6 Å². The SMILES string of the molecule is Cc1cc(N)nc(CCCCNCc2ccc3c(c2)OCO3)c1.O=C(O)/C=C/C(=O)O. The zero-order valence-corrected chi connectivity index (χ0v) is 17.3. The number of nitrogen functional groups attached to an aromatic ring is 1.